The van der Waals surface area contributed by atoms with Crippen LogP contribution < -0.4 is 0 Å². The van der Waals surface area contributed by atoms with Gasteiger partial charge in [-0.2, -0.15) is 15.3 Å². The molecular weight excluding hydrogens is 408 g/mol. The number of hydrogen-bond donors (Lipinski definition) is 2. The van der Waals surface area contributed by atoms with E-state index in [1.54, 1.807) is 48.5 Å². The Bertz CT molecular complexity index is 1180. The minimum absolute atomic E-state index is 0.143. The zero-order chi connectivity index (χ0) is 22.2. The Morgan fingerprint density at radius 2 is 1.87 bits per heavy atom. The molecule has 0 bridgehead atoms. The topological polar surface area (TPSA) is 106 Å². The van der Waals surface area contributed by atoms with Crippen LogP contribution in [0.3, 0.4) is 0 Å². The molecule has 0 aliphatic heterocycles. The van der Waals surface area contributed by atoms with Gasteiger partial charge in [0.05, 0.1) is 60.9 Å². The molecule has 2 N–H and O–H groups in total. The maximum absolute atomic E-state index is 14.0. The standard InChI is InChI=1S/C20H23F2N7O2/c1-3-18(20(2,21)22)29-9-14(7-25-29)19-17-4-5-23-28(17)11-16(26-19)13-6-24-27(8-13)10-15(31)12-30/h4-9,11,15,18,30-31H,3,10,12H2,1-2H3/t15-,18+/m1/s1. The normalized spacial score (nSPS) is 14.3. The number of aromatic nitrogens is 7. The van der Waals surface area contributed by atoms with Gasteiger partial charge < -0.3 is 10.2 Å². The highest BCUT2D eigenvalue weighted by molar-refractivity contribution is 5.78. The molecule has 0 aromatic carbocycles. The molecule has 0 aliphatic carbocycles. The van der Waals surface area contributed by atoms with E-state index in [1.165, 1.54) is 15.6 Å². The third-order valence-electron chi connectivity index (χ3n) is 5.09. The van der Waals surface area contributed by atoms with Crippen molar-refractivity contribution in [1.82, 2.24) is 34.2 Å². The predicted molar refractivity (Wildman–Crippen MR) is 108 cm³/mol. The van der Waals surface area contributed by atoms with E-state index < -0.39 is 18.1 Å². The number of fused-ring (bicyclic) bond motifs is 1. The third-order valence-corrected chi connectivity index (χ3v) is 5.09. The van der Waals surface area contributed by atoms with Crippen molar-refractivity contribution in [3.63, 3.8) is 0 Å². The van der Waals surface area contributed by atoms with E-state index in [0.29, 0.717) is 28.0 Å². The molecule has 2 atom stereocenters. The summed E-state index contributed by atoms with van der Waals surface area (Å²) in [5.41, 5.74) is 3.11. The number of hydrogen-bond acceptors (Lipinski definition) is 6. The fraction of sp³-hybridized carbons (Fsp3) is 0.400. The molecule has 4 aromatic heterocycles. The van der Waals surface area contributed by atoms with E-state index in [9.17, 15) is 13.9 Å². The Morgan fingerprint density at radius 3 is 2.58 bits per heavy atom. The second-order valence-electron chi connectivity index (χ2n) is 7.51. The van der Waals surface area contributed by atoms with E-state index in [0.717, 1.165) is 6.92 Å². The first-order valence-corrected chi connectivity index (χ1v) is 9.88. The van der Waals surface area contributed by atoms with Crippen molar-refractivity contribution in [3.8, 4) is 22.5 Å². The molecule has 0 saturated heterocycles. The van der Waals surface area contributed by atoms with Gasteiger partial charge >= 0.3 is 0 Å². The molecule has 0 amide bonds. The minimum atomic E-state index is -2.91. The van der Waals surface area contributed by atoms with Crippen molar-refractivity contribution in [3.05, 3.63) is 43.2 Å². The summed E-state index contributed by atoms with van der Waals surface area (Å²) >= 11 is 0. The summed E-state index contributed by atoms with van der Waals surface area (Å²) in [7, 11) is 0. The maximum atomic E-state index is 14.0. The lowest BCUT2D eigenvalue weighted by Gasteiger charge is -2.22. The van der Waals surface area contributed by atoms with E-state index in [2.05, 4.69) is 15.3 Å². The molecule has 0 spiro atoms. The van der Waals surface area contributed by atoms with Crippen molar-refractivity contribution < 1.29 is 19.0 Å². The van der Waals surface area contributed by atoms with Crippen LogP contribution >= 0.6 is 0 Å². The van der Waals surface area contributed by atoms with Gasteiger partial charge in [0, 0.05) is 30.4 Å². The lowest BCUT2D eigenvalue weighted by molar-refractivity contribution is -0.0384. The van der Waals surface area contributed by atoms with Crippen LogP contribution in [0.15, 0.2) is 43.2 Å². The van der Waals surface area contributed by atoms with Crippen molar-refractivity contribution >= 4 is 5.52 Å². The second-order valence-corrected chi connectivity index (χ2v) is 7.51. The number of aliphatic hydroxyl groups is 2. The van der Waals surface area contributed by atoms with Crippen LogP contribution in [0.4, 0.5) is 8.78 Å². The first-order valence-electron chi connectivity index (χ1n) is 9.88. The molecule has 4 rings (SSSR count). The summed E-state index contributed by atoms with van der Waals surface area (Å²) in [5, 5.41) is 31.3. The summed E-state index contributed by atoms with van der Waals surface area (Å²) in [5.74, 6) is -2.91. The fourth-order valence-electron chi connectivity index (χ4n) is 3.56. The lowest BCUT2D eigenvalue weighted by Crippen LogP contribution is -2.27. The molecule has 0 fully saturated rings. The van der Waals surface area contributed by atoms with Crippen molar-refractivity contribution in [1.29, 1.82) is 0 Å². The van der Waals surface area contributed by atoms with Gasteiger partial charge in [0.1, 0.15) is 6.04 Å². The Kier molecular flexibility index (Phi) is 5.54. The number of alkyl halides is 2. The first kappa shape index (κ1) is 21.1. The Hall–Kier alpha value is -3.18. The third kappa shape index (κ3) is 4.19. The van der Waals surface area contributed by atoms with Crippen molar-refractivity contribution in [2.75, 3.05) is 6.61 Å². The van der Waals surface area contributed by atoms with Crippen molar-refractivity contribution in [2.24, 2.45) is 0 Å². The monoisotopic (exact) mass is 431 g/mol. The summed E-state index contributed by atoms with van der Waals surface area (Å²) < 4.78 is 32.4. The highest BCUT2D eigenvalue weighted by atomic mass is 19.3. The SMILES string of the molecule is CC[C@H](n1cc(-c2nc(-c3cnn(C[C@@H](O)CO)c3)cn3nccc23)cn1)C(C)(F)F. The summed E-state index contributed by atoms with van der Waals surface area (Å²) in [4.78, 5) is 4.72. The Balaban J connectivity index is 1.74. The molecule has 0 unspecified atom stereocenters. The Labute approximate surface area is 176 Å². The van der Waals surface area contributed by atoms with Gasteiger partial charge in [-0.15, -0.1) is 0 Å². The van der Waals surface area contributed by atoms with Gasteiger partial charge in [0.25, 0.3) is 5.92 Å². The smallest absolute Gasteiger partial charge is 0.267 e. The number of rotatable bonds is 8. The molecular formula is C20H23F2N7O2. The highest BCUT2D eigenvalue weighted by Crippen LogP contribution is 2.33. The van der Waals surface area contributed by atoms with Crippen LogP contribution in [-0.2, 0) is 6.54 Å². The minimum Gasteiger partial charge on any atom is -0.394 e. The van der Waals surface area contributed by atoms with Gasteiger partial charge in [0.2, 0.25) is 0 Å². The lowest BCUT2D eigenvalue weighted by atomic mass is 10.1. The highest BCUT2D eigenvalue weighted by Gasteiger charge is 2.35. The molecule has 4 heterocycles. The molecule has 11 heteroatoms. The van der Waals surface area contributed by atoms with Crippen LogP contribution in [0.2, 0.25) is 0 Å². The van der Waals surface area contributed by atoms with Gasteiger partial charge in [-0.05, 0) is 12.5 Å². The van der Waals surface area contributed by atoms with Crippen LogP contribution in [0.1, 0.15) is 26.3 Å². The summed E-state index contributed by atoms with van der Waals surface area (Å²) in [6.45, 7) is 2.37. The van der Waals surface area contributed by atoms with Crippen molar-refractivity contribution in [2.45, 2.75) is 44.9 Å². The quantitative estimate of drug-likeness (QED) is 0.444. The van der Waals surface area contributed by atoms with E-state index in [-0.39, 0.29) is 19.6 Å². The largest absolute Gasteiger partial charge is 0.394 e. The predicted octanol–water partition coefficient (Wildman–Crippen LogP) is 2.42. The molecule has 9 nitrogen and oxygen atoms in total. The number of halogens is 2. The van der Waals surface area contributed by atoms with Gasteiger partial charge in [0.15, 0.2) is 0 Å². The fourth-order valence-corrected chi connectivity index (χ4v) is 3.56. The van der Waals surface area contributed by atoms with E-state index in [4.69, 9.17) is 10.1 Å². The maximum Gasteiger partial charge on any atom is 0.267 e. The molecule has 31 heavy (non-hydrogen) atoms. The Morgan fingerprint density at radius 1 is 1.10 bits per heavy atom. The average Bonchev–Trinajstić information content (AvgIpc) is 3.47. The summed E-state index contributed by atoms with van der Waals surface area (Å²) in [6, 6.07) is 0.734. The van der Waals surface area contributed by atoms with Crippen LogP contribution in [0.5, 0.6) is 0 Å². The zero-order valence-electron chi connectivity index (χ0n) is 17.1. The molecule has 4 aromatic rings. The molecule has 0 aliphatic rings. The van der Waals surface area contributed by atoms with Gasteiger partial charge in [-0.25, -0.2) is 18.3 Å². The zero-order valence-corrected chi connectivity index (χ0v) is 17.1. The number of aliphatic hydroxyl groups excluding tert-OH is 2. The van der Waals surface area contributed by atoms with E-state index >= 15 is 0 Å². The van der Waals surface area contributed by atoms with Crippen LogP contribution in [0, 0.1) is 0 Å². The summed E-state index contributed by atoms with van der Waals surface area (Å²) in [6.07, 6.45) is 9.08. The van der Waals surface area contributed by atoms with Crippen LogP contribution in [0.25, 0.3) is 28.0 Å². The van der Waals surface area contributed by atoms with Gasteiger partial charge in [-0.1, -0.05) is 6.92 Å². The molecule has 0 saturated carbocycles. The molecule has 164 valence electrons. The first-order chi connectivity index (χ1) is 14.8. The molecule has 0 radical (unpaired) electrons. The van der Waals surface area contributed by atoms with Crippen LogP contribution in [-0.4, -0.2) is 63.0 Å². The average molecular weight is 431 g/mol. The van der Waals surface area contributed by atoms with E-state index in [1.807, 2.05) is 0 Å². The van der Waals surface area contributed by atoms with Gasteiger partial charge in [-0.3, -0.25) is 9.36 Å². The second kappa shape index (κ2) is 8.16. The number of nitrogens with zero attached hydrogens (tertiary/aromatic N) is 7.